The molecule has 0 N–H and O–H groups in total. The molecule has 1 aliphatic rings. The Morgan fingerprint density at radius 1 is 1.25 bits per heavy atom. The zero-order valence-corrected chi connectivity index (χ0v) is 15.0. The van der Waals surface area contributed by atoms with Gasteiger partial charge in [0, 0.05) is 4.91 Å². The van der Waals surface area contributed by atoms with Crippen LogP contribution in [0.25, 0.3) is 10.4 Å². The maximum absolute atomic E-state index is 13.5. The minimum Gasteiger partial charge on any atom is -0.399 e. The van der Waals surface area contributed by atoms with E-state index < -0.39 is 33.4 Å². The van der Waals surface area contributed by atoms with Crippen molar-refractivity contribution in [3.05, 3.63) is 33.7 Å². The van der Waals surface area contributed by atoms with E-state index in [1.165, 1.54) is 6.07 Å². The van der Waals surface area contributed by atoms with Gasteiger partial charge in [0.05, 0.1) is 22.6 Å². The largest absolute Gasteiger partial charge is 0.495 e. The fourth-order valence-corrected chi connectivity index (χ4v) is 2.95. The summed E-state index contributed by atoms with van der Waals surface area (Å²) in [5.41, 5.74) is 8.66. The van der Waals surface area contributed by atoms with E-state index in [1.807, 2.05) is 27.7 Å². The van der Waals surface area contributed by atoms with Crippen molar-refractivity contribution < 1.29 is 21.6 Å². The summed E-state index contributed by atoms with van der Waals surface area (Å²) in [5.74, 6) is 0. The number of hydrogen-bond donors (Lipinski definition) is 0. The molecule has 1 saturated heterocycles. The van der Waals surface area contributed by atoms with Crippen LogP contribution in [0.4, 0.5) is 3.89 Å². The molecule has 0 bridgehead atoms. The monoisotopic (exact) mass is 355 g/mol. The lowest BCUT2D eigenvalue weighted by Crippen LogP contribution is -2.41. The number of halogens is 1. The zero-order chi connectivity index (χ0) is 18.3. The molecule has 0 saturated carbocycles. The Balaban J connectivity index is 2.59. The second-order valence-electron chi connectivity index (χ2n) is 6.71. The molecule has 0 atom stereocenters. The standard InChI is InChI=1S/C14H19BFN3O4S/c1-9-10(8-18-19-17)6-11(24(16,20)21)7-12(9)15-22-13(2,3)14(4,5)23-15/h6-7H,8H2,1-5H3. The molecule has 1 heterocycles. The lowest BCUT2D eigenvalue weighted by atomic mass is 9.75. The van der Waals surface area contributed by atoms with Crippen LogP contribution in [0.1, 0.15) is 38.8 Å². The third-order valence-corrected chi connectivity index (χ3v) is 5.42. The smallest absolute Gasteiger partial charge is 0.399 e. The maximum atomic E-state index is 13.5. The molecule has 1 aromatic carbocycles. The van der Waals surface area contributed by atoms with Crippen LogP contribution in [0, 0.1) is 6.92 Å². The van der Waals surface area contributed by atoms with Crippen LogP contribution in [0.3, 0.4) is 0 Å². The molecule has 0 radical (unpaired) electrons. The second-order valence-corrected chi connectivity index (χ2v) is 8.06. The van der Waals surface area contributed by atoms with Gasteiger partial charge < -0.3 is 9.31 Å². The Hall–Kier alpha value is -1.61. The van der Waals surface area contributed by atoms with Crippen LogP contribution in [-0.2, 0) is 26.1 Å². The van der Waals surface area contributed by atoms with Gasteiger partial charge in [-0.3, -0.25) is 0 Å². The highest BCUT2D eigenvalue weighted by Gasteiger charge is 2.52. The molecule has 1 aromatic rings. The molecule has 2 rings (SSSR count). The third-order valence-electron chi connectivity index (χ3n) is 4.62. The zero-order valence-electron chi connectivity index (χ0n) is 14.2. The van der Waals surface area contributed by atoms with Crippen LogP contribution in [-0.4, -0.2) is 26.7 Å². The molecule has 7 nitrogen and oxygen atoms in total. The first-order chi connectivity index (χ1) is 10.9. The van der Waals surface area contributed by atoms with Crippen LogP contribution in [0.2, 0.25) is 0 Å². The Labute approximate surface area is 141 Å². The Kier molecular flexibility index (Phi) is 4.71. The molecule has 0 spiro atoms. The fraction of sp³-hybridized carbons (Fsp3) is 0.571. The average molecular weight is 355 g/mol. The summed E-state index contributed by atoms with van der Waals surface area (Å²) in [4.78, 5) is 2.14. The topological polar surface area (TPSA) is 101 Å². The van der Waals surface area contributed by atoms with E-state index in [4.69, 9.17) is 14.8 Å². The van der Waals surface area contributed by atoms with Gasteiger partial charge in [-0.15, -0.1) is 3.89 Å². The first-order valence-electron chi connectivity index (χ1n) is 7.33. The van der Waals surface area contributed by atoms with E-state index in [0.717, 1.165) is 6.07 Å². The van der Waals surface area contributed by atoms with Gasteiger partial charge >= 0.3 is 17.3 Å². The third kappa shape index (κ3) is 3.42. The molecular weight excluding hydrogens is 336 g/mol. The predicted octanol–water partition coefficient (Wildman–Crippen LogP) is 2.76. The SMILES string of the molecule is Cc1c(CN=[N+]=[N-])cc(S(=O)(=O)F)cc1B1OC(C)(C)C(C)(C)O1. The van der Waals surface area contributed by atoms with Gasteiger partial charge in [-0.25, -0.2) is 0 Å². The number of nitrogens with zero attached hydrogens (tertiary/aromatic N) is 3. The Bertz CT molecular complexity index is 804. The van der Waals surface area contributed by atoms with E-state index in [9.17, 15) is 12.3 Å². The van der Waals surface area contributed by atoms with Gasteiger partial charge in [-0.2, -0.15) is 8.42 Å². The van der Waals surface area contributed by atoms with E-state index in [0.29, 0.717) is 16.6 Å². The van der Waals surface area contributed by atoms with Crippen molar-refractivity contribution in [3.63, 3.8) is 0 Å². The fourth-order valence-electron chi connectivity index (χ4n) is 2.40. The van der Waals surface area contributed by atoms with Crippen LogP contribution < -0.4 is 5.46 Å². The first-order valence-corrected chi connectivity index (χ1v) is 8.72. The van der Waals surface area contributed by atoms with Crippen LogP contribution in [0.5, 0.6) is 0 Å². The summed E-state index contributed by atoms with van der Waals surface area (Å²) in [6, 6.07) is 2.36. The molecule has 0 aliphatic carbocycles. The Morgan fingerprint density at radius 2 is 1.79 bits per heavy atom. The summed E-state index contributed by atoms with van der Waals surface area (Å²) < 4.78 is 48.0. The summed E-state index contributed by atoms with van der Waals surface area (Å²) in [7, 11) is -5.77. The van der Waals surface area contributed by atoms with Gasteiger partial charge in [0.15, 0.2) is 0 Å². The predicted molar refractivity (Wildman–Crippen MR) is 88.0 cm³/mol. The van der Waals surface area contributed by atoms with E-state index in [2.05, 4.69) is 10.0 Å². The van der Waals surface area contributed by atoms with E-state index in [1.54, 1.807) is 6.92 Å². The van der Waals surface area contributed by atoms with Gasteiger partial charge in [-0.1, -0.05) is 5.11 Å². The van der Waals surface area contributed by atoms with Gasteiger partial charge in [0.2, 0.25) is 0 Å². The summed E-state index contributed by atoms with van der Waals surface area (Å²) in [5, 5.41) is 3.43. The second kappa shape index (κ2) is 6.04. The van der Waals surface area contributed by atoms with Gasteiger partial charge in [0.1, 0.15) is 0 Å². The number of azide groups is 1. The quantitative estimate of drug-likeness (QED) is 0.272. The minimum atomic E-state index is -4.92. The highest BCUT2D eigenvalue weighted by atomic mass is 32.3. The van der Waals surface area contributed by atoms with Gasteiger partial charge in [0.25, 0.3) is 0 Å². The highest BCUT2D eigenvalue weighted by Crippen LogP contribution is 2.37. The molecule has 1 fully saturated rings. The van der Waals surface area contributed by atoms with Crippen molar-refractivity contribution in [2.45, 2.75) is 57.3 Å². The normalized spacial score (nSPS) is 19.2. The number of benzene rings is 1. The van der Waals surface area contributed by atoms with Crippen LogP contribution >= 0.6 is 0 Å². The van der Waals surface area contributed by atoms with Crippen molar-refractivity contribution in [1.82, 2.24) is 0 Å². The van der Waals surface area contributed by atoms with Crippen LogP contribution in [0.15, 0.2) is 22.1 Å². The lowest BCUT2D eigenvalue weighted by Gasteiger charge is -2.32. The summed E-state index contributed by atoms with van der Waals surface area (Å²) in [6.45, 7) is 9.06. The van der Waals surface area contributed by atoms with Crippen molar-refractivity contribution in [2.24, 2.45) is 5.11 Å². The highest BCUT2D eigenvalue weighted by molar-refractivity contribution is 7.86. The first kappa shape index (κ1) is 18.7. The average Bonchev–Trinajstić information content (AvgIpc) is 2.64. The molecule has 0 unspecified atom stereocenters. The molecule has 0 amide bonds. The minimum absolute atomic E-state index is 0.0990. The van der Waals surface area contributed by atoms with E-state index >= 15 is 0 Å². The number of hydrogen-bond acceptors (Lipinski definition) is 5. The number of rotatable bonds is 4. The maximum Gasteiger partial charge on any atom is 0.495 e. The molecule has 10 heteroatoms. The summed E-state index contributed by atoms with van der Waals surface area (Å²) in [6.07, 6.45) is 0. The lowest BCUT2D eigenvalue weighted by molar-refractivity contribution is 0.00578. The molecule has 130 valence electrons. The molecular formula is C14H19BFN3O4S. The van der Waals surface area contributed by atoms with Crippen molar-refractivity contribution in [3.8, 4) is 0 Å². The molecule has 24 heavy (non-hydrogen) atoms. The molecule has 1 aliphatic heterocycles. The van der Waals surface area contributed by atoms with Crippen molar-refractivity contribution in [2.75, 3.05) is 0 Å². The Morgan fingerprint density at radius 3 is 2.25 bits per heavy atom. The van der Waals surface area contributed by atoms with Crippen molar-refractivity contribution in [1.29, 1.82) is 0 Å². The van der Waals surface area contributed by atoms with Gasteiger partial charge in [-0.05, 0) is 68.9 Å². The summed E-state index contributed by atoms with van der Waals surface area (Å²) >= 11 is 0. The van der Waals surface area contributed by atoms with E-state index in [-0.39, 0.29) is 6.54 Å². The molecule has 0 aromatic heterocycles. The van der Waals surface area contributed by atoms with Crippen molar-refractivity contribution >= 4 is 22.8 Å².